The Hall–Kier alpha value is -3.06. The van der Waals surface area contributed by atoms with Gasteiger partial charge < -0.3 is 19.2 Å². The normalized spacial score (nSPS) is 10.8. The molecule has 1 heterocycles. The Balaban J connectivity index is 1.62. The molecule has 3 rings (SSSR count). The molecule has 0 radical (unpaired) electrons. The zero-order valence-electron chi connectivity index (χ0n) is 15.7. The third kappa shape index (κ3) is 5.48. The van der Waals surface area contributed by atoms with Gasteiger partial charge in [0, 0.05) is 5.69 Å². The highest BCUT2D eigenvalue weighted by molar-refractivity contribution is 6.32. The van der Waals surface area contributed by atoms with Gasteiger partial charge in [0.05, 0.1) is 5.02 Å². The van der Waals surface area contributed by atoms with Crippen LogP contribution in [0.5, 0.6) is 11.5 Å². The Bertz CT molecular complexity index is 1020. The molecule has 5 nitrogen and oxygen atoms in total. The topological polar surface area (TPSA) is 60.7 Å². The van der Waals surface area contributed by atoms with Crippen LogP contribution < -0.4 is 14.8 Å². The van der Waals surface area contributed by atoms with Crippen LogP contribution in [0.4, 0.5) is 14.5 Å². The van der Waals surface area contributed by atoms with E-state index in [0.717, 1.165) is 16.9 Å². The molecule has 29 heavy (non-hydrogen) atoms. The van der Waals surface area contributed by atoms with E-state index in [1.54, 1.807) is 6.07 Å². The zero-order valence-corrected chi connectivity index (χ0v) is 16.4. The fourth-order valence-electron chi connectivity index (χ4n) is 2.55. The number of furan rings is 1. The Labute approximate surface area is 171 Å². The lowest BCUT2D eigenvalue weighted by Crippen LogP contribution is -2.11. The van der Waals surface area contributed by atoms with Gasteiger partial charge in [-0.1, -0.05) is 23.7 Å². The minimum Gasteiger partial charge on any atom is -0.485 e. The average molecular weight is 422 g/mol. The van der Waals surface area contributed by atoms with Gasteiger partial charge in [-0.25, -0.2) is 0 Å². The number of nitrogens with one attached hydrogen (secondary N) is 1. The lowest BCUT2D eigenvalue weighted by Gasteiger charge is -2.09. The van der Waals surface area contributed by atoms with Gasteiger partial charge in [-0.05, 0) is 61.4 Å². The van der Waals surface area contributed by atoms with Crippen molar-refractivity contribution >= 4 is 23.2 Å². The number of rotatable bonds is 7. The Morgan fingerprint density at radius 2 is 1.90 bits per heavy atom. The zero-order chi connectivity index (χ0) is 21.0. The molecule has 152 valence electrons. The van der Waals surface area contributed by atoms with Crippen LogP contribution >= 0.6 is 11.6 Å². The molecule has 1 amide bonds. The van der Waals surface area contributed by atoms with E-state index in [9.17, 15) is 13.6 Å². The summed E-state index contributed by atoms with van der Waals surface area (Å²) < 4.78 is 40.1. The maximum Gasteiger partial charge on any atom is 0.387 e. The molecule has 0 bridgehead atoms. The van der Waals surface area contributed by atoms with Crippen molar-refractivity contribution in [3.63, 3.8) is 0 Å². The van der Waals surface area contributed by atoms with Crippen molar-refractivity contribution in [3.05, 3.63) is 76.2 Å². The van der Waals surface area contributed by atoms with Gasteiger partial charge in [0.25, 0.3) is 5.91 Å². The smallest absolute Gasteiger partial charge is 0.387 e. The molecule has 0 fully saturated rings. The summed E-state index contributed by atoms with van der Waals surface area (Å²) in [6.45, 7) is 1.10. The number of carbonyl (C=O) groups is 1. The van der Waals surface area contributed by atoms with Crippen LogP contribution in [-0.4, -0.2) is 12.5 Å². The number of amides is 1. The van der Waals surface area contributed by atoms with E-state index in [0.29, 0.717) is 11.4 Å². The molecule has 2 aromatic carbocycles. The highest BCUT2D eigenvalue weighted by Crippen LogP contribution is 2.29. The predicted molar refractivity (Wildman–Crippen MR) is 105 cm³/mol. The molecule has 0 spiro atoms. The van der Waals surface area contributed by atoms with Crippen LogP contribution in [0.2, 0.25) is 5.02 Å². The summed E-state index contributed by atoms with van der Waals surface area (Å²) in [4.78, 5) is 12.3. The Morgan fingerprint density at radius 1 is 1.10 bits per heavy atom. The minimum atomic E-state index is -2.99. The van der Waals surface area contributed by atoms with E-state index in [2.05, 4.69) is 10.1 Å². The second-order valence-electron chi connectivity index (χ2n) is 6.30. The van der Waals surface area contributed by atoms with Crippen molar-refractivity contribution in [2.24, 2.45) is 0 Å². The first-order chi connectivity index (χ1) is 13.8. The van der Waals surface area contributed by atoms with E-state index in [4.69, 9.17) is 20.8 Å². The SMILES string of the molecule is Cc1ccc(C)c(OCc2ccc(C(=O)Nc3ccc(OC(F)F)c(Cl)c3)o2)c1. The number of hydrogen-bond acceptors (Lipinski definition) is 4. The van der Waals surface area contributed by atoms with E-state index in [-0.39, 0.29) is 23.1 Å². The van der Waals surface area contributed by atoms with Crippen molar-refractivity contribution in [1.29, 1.82) is 0 Å². The number of alkyl halides is 2. The van der Waals surface area contributed by atoms with Crippen molar-refractivity contribution in [2.45, 2.75) is 27.1 Å². The first-order valence-corrected chi connectivity index (χ1v) is 9.04. The molecule has 1 aromatic heterocycles. The van der Waals surface area contributed by atoms with Crippen molar-refractivity contribution in [2.75, 3.05) is 5.32 Å². The maximum absolute atomic E-state index is 12.3. The van der Waals surface area contributed by atoms with Gasteiger partial charge >= 0.3 is 6.61 Å². The van der Waals surface area contributed by atoms with E-state index in [1.807, 2.05) is 32.0 Å². The van der Waals surface area contributed by atoms with Gasteiger partial charge in [-0.3, -0.25) is 4.79 Å². The number of benzene rings is 2. The monoisotopic (exact) mass is 421 g/mol. The summed E-state index contributed by atoms with van der Waals surface area (Å²) in [7, 11) is 0. The quantitative estimate of drug-likeness (QED) is 0.509. The first-order valence-electron chi connectivity index (χ1n) is 8.66. The van der Waals surface area contributed by atoms with Crippen LogP contribution in [0.3, 0.4) is 0 Å². The van der Waals surface area contributed by atoms with Crippen LogP contribution in [-0.2, 0) is 6.61 Å². The summed E-state index contributed by atoms with van der Waals surface area (Å²) in [5.74, 6) is 0.613. The summed E-state index contributed by atoms with van der Waals surface area (Å²) >= 11 is 5.88. The number of carbonyl (C=O) groups excluding carboxylic acids is 1. The number of aryl methyl sites for hydroxylation is 2. The number of ether oxygens (including phenoxy) is 2. The molecule has 1 N–H and O–H groups in total. The number of halogens is 3. The summed E-state index contributed by atoms with van der Waals surface area (Å²) in [5.41, 5.74) is 2.39. The summed E-state index contributed by atoms with van der Waals surface area (Å²) in [5, 5.41) is 2.53. The van der Waals surface area contributed by atoms with Crippen LogP contribution in [0.1, 0.15) is 27.4 Å². The molecular formula is C21H18ClF2NO4. The molecular weight excluding hydrogens is 404 g/mol. The Morgan fingerprint density at radius 3 is 2.62 bits per heavy atom. The van der Waals surface area contributed by atoms with Crippen LogP contribution in [0, 0.1) is 13.8 Å². The number of anilines is 1. The molecule has 0 saturated carbocycles. The highest BCUT2D eigenvalue weighted by Gasteiger charge is 2.14. The van der Waals surface area contributed by atoms with Crippen molar-refractivity contribution < 1.29 is 27.5 Å². The maximum atomic E-state index is 12.3. The first kappa shape index (κ1) is 20.7. The van der Waals surface area contributed by atoms with Crippen molar-refractivity contribution in [1.82, 2.24) is 0 Å². The fourth-order valence-corrected chi connectivity index (χ4v) is 2.78. The van der Waals surface area contributed by atoms with Gasteiger partial charge in [0.15, 0.2) is 5.76 Å². The largest absolute Gasteiger partial charge is 0.485 e. The molecule has 3 aromatic rings. The predicted octanol–water partition coefficient (Wildman–Crippen LogP) is 5.98. The standard InChI is InChI=1S/C21H18ClF2NO4/c1-12-3-4-13(2)19(9-12)27-11-15-6-8-18(28-15)20(26)25-14-5-7-17(16(22)10-14)29-21(23)24/h3-10,21H,11H2,1-2H3,(H,25,26). The molecule has 8 heteroatoms. The van der Waals surface area contributed by atoms with E-state index < -0.39 is 12.5 Å². The van der Waals surface area contributed by atoms with Gasteiger partial charge in [0.2, 0.25) is 0 Å². The van der Waals surface area contributed by atoms with E-state index in [1.165, 1.54) is 24.3 Å². The second kappa shape index (κ2) is 8.96. The molecule has 0 saturated heterocycles. The van der Waals surface area contributed by atoms with Gasteiger partial charge in [-0.2, -0.15) is 8.78 Å². The molecule has 0 unspecified atom stereocenters. The molecule has 0 aliphatic rings. The highest BCUT2D eigenvalue weighted by atomic mass is 35.5. The molecule has 0 atom stereocenters. The second-order valence-corrected chi connectivity index (χ2v) is 6.71. The third-order valence-electron chi connectivity index (χ3n) is 4.00. The number of hydrogen-bond donors (Lipinski definition) is 1. The fraction of sp³-hybridized carbons (Fsp3) is 0.190. The third-order valence-corrected chi connectivity index (χ3v) is 4.30. The lowest BCUT2D eigenvalue weighted by atomic mass is 10.1. The summed E-state index contributed by atoms with van der Waals surface area (Å²) in [6, 6.07) is 13.0. The van der Waals surface area contributed by atoms with Gasteiger partial charge in [-0.15, -0.1) is 0 Å². The average Bonchev–Trinajstić information content (AvgIpc) is 3.13. The minimum absolute atomic E-state index is 0.0508. The molecule has 0 aliphatic carbocycles. The van der Waals surface area contributed by atoms with E-state index >= 15 is 0 Å². The van der Waals surface area contributed by atoms with Crippen LogP contribution in [0.15, 0.2) is 52.9 Å². The van der Waals surface area contributed by atoms with Crippen molar-refractivity contribution in [3.8, 4) is 11.5 Å². The lowest BCUT2D eigenvalue weighted by molar-refractivity contribution is -0.0497. The summed E-state index contributed by atoms with van der Waals surface area (Å²) in [6.07, 6.45) is 0. The molecule has 0 aliphatic heterocycles. The van der Waals surface area contributed by atoms with Crippen LogP contribution in [0.25, 0.3) is 0 Å². The Kier molecular flexibility index (Phi) is 6.39. The van der Waals surface area contributed by atoms with Gasteiger partial charge in [0.1, 0.15) is 23.9 Å².